The third kappa shape index (κ3) is 4.23. The molecule has 2 aromatic carbocycles. The lowest BCUT2D eigenvalue weighted by Gasteiger charge is -2.20. The summed E-state index contributed by atoms with van der Waals surface area (Å²) in [6.45, 7) is 1.22. The molecule has 0 amide bonds. The molecule has 7 heteroatoms. The summed E-state index contributed by atoms with van der Waals surface area (Å²) < 4.78 is 43.7. The fraction of sp³-hybridized carbons (Fsp3) is 0.217. The molecule has 152 valence electrons. The average Bonchev–Trinajstić information content (AvgIpc) is 3.22. The van der Waals surface area contributed by atoms with E-state index in [0.717, 1.165) is 29.1 Å². The van der Waals surface area contributed by atoms with Crippen LogP contribution in [0.1, 0.15) is 17.5 Å². The molecule has 1 saturated heterocycles. The lowest BCUT2D eigenvalue weighted by Crippen LogP contribution is -2.25. The van der Waals surface area contributed by atoms with Crippen LogP contribution in [-0.4, -0.2) is 24.2 Å². The number of hydrogen-bond acceptors (Lipinski definition) is 4. The molecule has 0 N–H and O–H groups in total. The van der Waals surface area contributed by atoms with E-state index in [1.807, 2.05) is 48.5 Å². The number of anilines is 1. The zero-order valence-corrected chi connectivity index (χ0v) is 15.9. The fourth-order valence-electron chi connectivity index (χ4n) is 3.54. The summed E-state index contributed by atoms with van der Waals surface area (Å²) in [4.78, 5) is 5.83. The van der Waals surface area contributed by atoms with E-state index in [9.17, 15) is 18.4 Å². The summed E-state index contributed by atoms with van der Waals surface area (Å²) in [7, 11) is 0. The summed E-state index contributed by atoms with van der Waals surface area (Å²) in [6, 6.07) is 20.1. The molecule has 3 aromatic rings. The first-order valence-corrected chi connectivity index (χ1v) is 9.48. The molecule has 0 aliphatic carbocycles. The van der Waals surface area contributed by atoms with Crippen LogP contribution in [0.4, 0.5) is 18.9 Å². The van der Waals surface area contributed by atoms with Crippen molar-refractivity contribution in [2.75, 3.05) is 18.0 Å². The highest BCUT2D eigenvalue weighted by atomic mass is 19.4. The Morgan fingerprint density at radius 3 is 2.50 bits per heavy atom. The highest BCUT2D eigenvalue weighted by molar-refractivity contribution is 5.71. The Bertz CT molecular complexity index is 1060. The number of alkyl halides is 3. The second kappa shape index (κ2) is 8.07. The number of ether oxygens (including phenoxy) is 1. The third-order valence-electron chi connectivity index (χ3n) is 5.06. The number of aromatic nitrogens is 1. The van der Waals surface area contributed by atoms with Gasteiger partial charge in [-0.1, -0.05) is 36.4 Å². The van der Waals surface area contributed by atoms with Crippen molar-refractivity contribution in [1.82, 2.24) is 4.98 Å². The average molecular weight is 409 g/mol. The van der Waals surface area contributed by atoms with Crippen LogP contribution in [0.15, 0.2) is 66.9 Å². The van der Waals surface area contributed by atoms with Gasteiger partial charge in [0.25, 0.3) is 0 Å². The van der Waals surface area contributed by atoms with Gasteiger partial charge in [0.15, 0.2) is 0 Å². The molecule has 4 nitrogen and oxygen atoms in total. The maximum absolute atomic E-state index is 12.7. The Balaban J connectivity index is 1.46. The van der Waals surface area contributed by atoms with Gasteiger partial charge in [-0.2, -0.15) is 18.4 Å². The van der Waals surface area contributed by atoms with Gasteiger partial charge in [0.1, 0.15) is 12.2 Å². The predicted molar refractivity (Wildman–Crippen MR) is 107 cm³/mol. The van der Waals surface area contributed by atoms with E-state index in [-0.39, 0.29) is 12.0 Å². The zero-order valence-electron chi connectivity index (χ0n) is 15.9. The molecule has 1 atom stereocenters. The van der Waals surface area contributed by atoms with Gasteiger partial charge in [-0.15, -0.1) is 0 Å². The molecule has 0 radical (unpaired) electrons. The summed E-state index contributed by atoms with van der Waals surface area (Å²) in [5.74, 6) is 0.162. The van der Waals surface area contributed by atoms with E-state index in [1.165, 1.54) is 6.07 Å². The van der Waals surface area contributed by atoms with Crippen molar-refractivity contribution in [2.45, 2.75) is 18.7 Å². The van der Waals surface area contributed by atoms with Crippen molar-refractivity contribution in [3.8, 4) is 23.1 Å². The van der Waals surface area contributed by atoms with Crippen molar-refractivity contribution in [1.29, 1.82) is 5.26 Å². The molecule has 1 aliphatic rings. The van der Waals surface area contributed by atoms with Crippen LogP contribution in [0.25, 0.3) is 11.1 Å². The number of halogens is 3. The summed E-state index contributed by atoms with van der Waals surface area (Å²) >= 11 is 0. The van der Waals surface area contributed by atoms with Crippen LogP contribution in [0.3, 0.4) is 0 Å². The standard InChI is InChI=1S/C23H18F3N3O/c24-23(25,26)19-7-9-22(28-14-19)30-20-10-11-29(15-20)21-8-6-17(12-18(21)13-27)16-4-2-1-3-5-16/h1-9,12,14,20H,10-11,15H2/t20-/m0/s1. The monoisotopic (exact) mass is 409 g/mol. The van der Waals surface area contributed by atoms with Crippen LogP contribution in [0.5, 0.6) is 5.88 Å². The maximum atomic E-state index is 12.7. The molecule has 1 fully saturated rings. The van der Waals surface area contributed by atoms with Crippen molar-refractivity contribution in [2.24, 2.45) is 0 Å². The number of nitrogens with zero attached hydrogens (tertiary/aromatic N) is 3. The molecule has 0 spiro atoms. The highest BCUT2D eigenvalue weighted by Gasteiger charge is 2.31. The lowest BCUT2D eigenvalue weighted by atomic mass is 10.0. The van der Waals surface area contributed by atoms with E-state index in [2.05, 4.69) is 16.0 Å². The van der Waals surface area contributed by atoms with E-state index in [1.54, 1.807) is 0 Å². The molecule has 0 unspecified atom stereocenters. The molecule has 2 heterocycles. The van der Waals surface area contributed by atoms with Gasteiger partial charge in [-0.25, -0.2) is 4.98 Å². The fourth-order valence-corrected chi connectivity index (χ4v) is 3.54. The van der Waals surface area contributed by atoms with Gasteiger partial charge in [0.2, 0.25) is 5.88 Å². The highest BCUT2D eigenvalue weighted by Crippen LogP contribution is 2.31. The molecule has 4 rings (SSSR count). The van der Waals surface area contributed by atoms with Gasteiger partial charge >= 0.3 is 6.18 Å². The van der Waals surface area contributed by atoms with Crippen molar-refractivity contribution >= 4 is 5.69 Å². The lowest BCUT2D eigenvalue weighted by molar-refractivity contribution is -0.137. The third-order valence-corrected chi connectivity index (χ3v) is 5.06. The molecule has 1 aromatic heterocycles. The van der Waals surface area contributed by atoms with Crippen LogP contribution in [0.2, 0.25) is 0 Å². The predicted octanol–water partition coefficient (Wildman–Crippen LogP) is 5.30. The number of hydrogen-bond donors (Lipinski definition) is 0. The molecule has 30 heavy (non-hydrogen) atoms. The Labute approximate surface area is 172 Å². The topological polar surface area (TPSA) is 49.2 Å². The minimum absolute atomic E-state index is 0.162. The summed E-state index contributed by atoms with van der Waals surface area (Å²) in [5.41, 5.74) is 2.60. The molecule has 0 saturated carbocycles. The van der Waals surface area contributed by atoms with Crippen LogP contribution in [0, 0.1) is 11.3 Å². The van der Waals surface area contributed by atoms with E-state index >= 15 is 0 Å². The number of benzene rings is 2. The van der Waals surface area contributed by atoms with Gasteiger partial charge in [0.05, 0.1) is 23.4 Å². The smallest absolute Gasteiger partial charge is 0.417 e. The van der Waals surface area contributed by atoms with Crippen molar-refractivity contribution in [3.05, 3.63) is 78.0 Å². The SMILES string of the molecule is N#Cc1cc(-c2ccccc2)ccc1N1CC[C@H](Oc2ccc(C(F)(F)F)cn2)C1. The largest absolute Gasteiger partial charge is 0.472 e. The molecular weight excluding hydrogens is 391 g/mol. The van der Waals surface area contributed by atoms with E-state index in [4.69, 9.17) is 4.74 Å². The minimum atomic E-state index is -4.42. The second-order valence-corrected chi connectivity index (χ2v) is 7.07. The van der Waals surface area contributed by atoms with Gasteiger partial charge < -0.3 is 9.64 Å². The zero-order chi connectivity index (χ0) is 21.1. The Morgan fingerprint density at radius 1 is 1.03 bits per heavy atom. The Morgan fingerprint density at radius 2 is 1.83 bits per heavy atom. The summed E-state index contributed by atoms with van der Waals surface area (Å²) in [5, 5.41) is 9.63. The quantitative estimate of drug-likeness (QED) is 0.587. The van der Waals surface area contributed by atoms with Crippen LogP contribution in [-0.2, 0) is 6.18 Å². The van der Waals surface area contributed by atoms with Crippen LogP contribution >= 0.6 is 0 Å². The molecular formula is C23H18F3N3O. The van der Waals surface area contributed by atoms with Gasteiger partial charge in [-0.3, -0.25) is 0 Å². The van der Waals surface area contributed by atoms with Gasteiger partial charge in [0, 0.05) is 25.2 Å². The minimum Gasteiger partial charge on any atom is -0.472 e. The first-order chi connectivity index (χ1) is 14.4. The Kier molecular flexibility index (Phi) is 5.32. The van der Waals surface area contributed by atoms with Crippen molar-refractivity contribution in [3.63, 3.8) is 0 Å². The Hall–Kier alpha value is -3.53. The summed E-state index contributed by atoms with van der Waals surface area (Å²) in [6.07, 6.45) is -3.17. The second-order valence-electron chi connectivity index (χ2n) is 7.07. The van der Waals surface area contributed by atoms with Crippen LogP contribution < -0.4 is 9.64 Å². The maximum Gasteiger partial charge on any atom is 0.417 e. The first-order valence-electron chi connectivity index (χ1n) is 9.48. The first kappa shape index (κ1) is 19.8. The normalized spacial score (nSPS) is 16.3. The van der Waals surface area contributed by atoms with Gasteiger partial charge in [-0.05, 0) is 29.3 Å². The number of rotatable bonds is 4. The van der Waals surface area contributed by atoms with Crippen molar-refractivity contribution < 1.29 is 17.9 Å². The van der Waals surface area contributed by atoms with E-state index < -0.39 is 11.7 Å². The number of nitriles is 1. The van der Waals surface area contributed by atoms with E-state index in [0.29, 0.717) is 25.1 Å². The molecule has 0 bridgehead atoms. The number of pyridine rings is 1. The molecule has 1 aliphatic heterocycles.